The lowest BCUT2D eigenvalue weighted by Crippen LogP contribution is -2.54. The number of aromatic amines is 1. The number of H-pyrrole nitrogens is 1. The van der Waals surface area contributed by atoms with Gasteiger partial charge in [0.25, 0.3) is 5.91 Å². The number of hydrogen-bond donors (Lipinski definition) is 3. The highest BCUT2D eigenvalue weighted by atomic mass is 16.3. The molecule has 0 aliphatic heterocycles. The SMILES string of the molecule is CCc1nc(C(=O)NC2(CO)CCCC(C)C2)n[nH]1. The van der Waals surface area contributed by atoms with E-state index in [9.17, 15) is 9.90 Å². The zero-order valence-electron chi connectivity index (χ0n) is 11.6. The van der Waals surface area contributed by atoms with Gasteiger partial charge in [0.2, 0.25) is 5.82 Å². The Morgan fingerprint density at radius 1 is 1.63 bits per heavy atom. The van der Waals surface area contributed by atoms with Crippen LogP contribution in [0, 0.1) is 5.92 Å². The summed E-state index contributed by atoms with van der Waals surface area (Å²) in [7, 11) is 0. The maximum atomic E-state index is 12.1. The predicted molar refractivity (Wildman–Crippen MR) is 70.7 cm³/mol. The monoisotopic (exact) mass is 266 g/mol. The van der Waals surface area contributed by atoms with Crippen molar-refractivity contribution in [3.63, 3.8) is 0 Å². The highest BCUT2D eigenvalue weighted by Crippen LogP contribution is 2.32. The summed E-state index contributed by atoms with van der Waals surface area (Å²) >= 11 is 0. The largest absolute Gasteiger partial charge is 0.394 e. The molecule has 19 heavy (non-hydrogen) atoms. The third-order valence-electron chi connectivity index (χ3n) is 3.84. The van der Waals surface area contributed by atoms with E-state index in [1.54, 1.807) is 0 Å². The number of nitrogens with zero attached hydrogens (tertiary/aromatic N) is 2. The Kier molecular flexibility index (Phi) is 4.19. The van der Waals surface area contributed by atoms with Crippen molar-refractivity contribution in [3.05, 3.63) is 11.6 Å². The van der Waals surface area contributed by atoms with E-state index >= 15 is 0 Å². The molecular formula is C13H22N4O2. The van der Waals surface area contributed by atoms with E-state index in [4.69, 9.17) is 0 Å². The van der Waals surface area contributed by atoms with Crippen LogP contribution in [-0.2, 0) is 6.42 Å². The zero-order valence-corrected chi connectivity index (χ0v) is 11.6. The molecule has 2 atom stereocenters. The number of amides is 1. The van der Waals surface area contributed by atoms with Gasteiger partial charge in [0.15, 0.2) is 0 Å². The van der Waals surface area contributed by atoms with Crippen LogP contribution in [0.25, 0.3) is 0 Å². The van der Waals surface area contributed by atoms with E-state index in [2.05, 4.69) is 27.4 Å². The molecule has 1 aromatic heterocycles. The number of aromatic nitrogens is 3. The molecule has 3 N–H and O–H groups in total. The predicted octanol–water partition coefficient (Wildman–Crippen LogP) is 1.04. The van der Waals surface area contributed by atoms with Crippen molar-refractivity contribution in [1.82, 2.24) is 20.5 Å². The van der Waals surface area contributed by atoms with Crippen LogP contribution >= 0.6 is 0 Å². The normalized spacial score (nSPS) is 27.2. The van der Waals surface area contributed by atoms with Gasteiger partial charge in [-0.3, -0.25) is 9.89 Å². The van der Waals surface area contributed by atoms with Gasteiger partial charge in [-0.05, 0) is 18.8 Å². The summed E-state index contributed by atoms with van der Waals surface area (Å²) in [6.45, 7) is 4.06. The topological polar surface area (TPSA) is 90.9 Å². The first kappa shape index (κ1) is 14.0. The third kappa shape index (κ3) is 3.12. The molecule has 1 saturated carbocycles. The minimum absolute atomic E-state index is 0.0336. The summed E-state index contributed by atoms with van der Waals surface area (Å²) in [6.07, 6.45) is 4.50. The van der Waals surface area contributed by atoms with E-state index in [1.807, 2.05) is 6.92 Å². The standard InChI is InChI=1S/C13H22N4O2/c1-3-10-14-11(17-16-10)12(19)15-13(8-18)6-4-5-9(2)7-13/h9,18H,3-8H2,1-2H3,(H,15,19)(H,14,16,17). The van der Waals surface area contributed by atoms with Crippen molar-refractivity contribution in [2.45, 2.75) is 51.5 Å². The number of hydrogen-bond acceptors (Lipinski definition) is 4. The molecular weight excluding hydrogens is 244 g/mol. The smallest absolute Gasteiger partial charge is 0.291 e. The van der Waals surface area contributed by atoms with Crippen molar-refractivity contribution in [3.8, 4) is 0 Å². The molecule has 6 heteroatoms. The van der Waals surface area contributed by atoms with E-state index in [-0.39, 0.29) is 18.3 Å². The Bertz CT molecular complexity index is 446. The molecule has 1 aliphatic rings. The fourth-order valence-electron chi connectivity index (χ4n) is 2.81. The van der Waals surface area contributed by atoms with Gasteiger partial charge in [-0.1, -0.05) is 26.7 Å². The van der Waals surface area contributed by atoms with E-state index in [0.29, 0.717) is 18.2 Å². The lowest BCUT2D eigenvalue weighted by Gasteiger charge is -2.39. The van der Waals surface area contributed by atoms with Crippen LogP contribution in [0.5, 0.6) is 0 Å². The van der Waals surface area contributed by atoms with Gasteiger partial charge in [-0.25, -0.2) is 4.98 Å². The average molecular weight is 266 g/mol. The Labute approximate surface area is 113 Å². The second-order valence-corrected chi connectivity index (χ2v) is 5.55. The number of nitrogens with one attached hydrogen (secondary N) is 2. The number of aliphatic hydroxyl groups excluding tert-OH is 1. The minimum Gasteiger partial charge on any atom is -0.394 e. The Morgan fingerprint density at radius 3 is 3.00 bits per heavy atom. The fraction of sp³-hybridized carbons (Fsp3) is 0.769. The van der Waals surface area contributed by atoms with Crippen molar-refractivity contribution in [2.24, 2.45) is 5.92 Å². The highest BCUT2D eigenvalue weighted by molar-refractivity contribution is 5.90. The second kappa shape index (κ2) is 5.69. The molecule has 1 amide bonds. The quantitative estimate of drug-likeness (QED) is 0.759. The third-order valence-corrected chi connectivity index (χ3v) is 3.84. The van der Waals surface area contributed by atoms with Gasteiger partial charge in [0.05, 0.1) is 12.1 Å². The summed E-state index contributed by atoms with van der Waals surface area (Å²) in [5, 5.41) is 19.2. The first-order chi connectivity index (χ1) is 9.08. The molecule has 0 radical (unpaired) electrons. The van der Waals surface area contributed by atoms with E-state index in [0.717, 1.165) is 25.7 Å². The van der Waals surface area contributed by atoms with Crippen LogP contribution < -0.4 is 5.32 Å². The van der Waals surface area contributed by atoms with Crippen molar-refractivity contribution in [2.75, 3.05) is 6.61 Å². The number of carbonyl (C=O) groups excluding carboxylic acids is 1. The lowest BCUT2D eigenvalue weighted by atomic mass is 9.77. The Balaban J connectivity index is 2.07. The zero-order chi connectivity index (χ0) is 13.9. The molecule has 0 bridgehead atoms. The molecule has 1 fully saturated rings. The van der Waals surface area contributed by atoms with Crippen LogP contribution in [-0.4, -0.2) is 38.3 Å². The summed E-state index contributed by atoms with van der Waals surface area (Å²) < 4.78 is 0. The summed E-state index contributed by atoms with van der Waals surface area (Å²) in [5.41, 5.74) is -0.512. The molecule has 1 aliphatic carbocycles. The maximum Gasteiger partial charge on any atom is 0.291 e. The van der Waals surface area contributed by atoms with Gasteiger partial charge < -0.3 is 10.4 Å². The van der Waals surface area contributed by atoms with Crippen molar-refractivity contribution < 1.29 is 9.90 Å². The molecule has 0 aromatic carbocycles. The minimum atomic E-state index is -0.512. The molecule has 2 unspecified atom stereocenters. The highest BCUT2D eigenvalue weighted by Gasteiger charge is 2.36. The van der Waals surface area contributed by atoms with Crippen molar-refractivity contribution >= 4 is 5.91 Å². The van der Waals surface area contributed by atoms with Crippen LogP contribution in [0.1, 0.15) is 56.0 Å². The average Bonchev–Trinajstić information content (AvgIpc) is 2.87. The van der Waals surface area contributed by atoms with Gasteiger partial charge in [0, 0.05) is 6.42 Å². The number of rotatable bonds is 4. The molecule has 106 valence electrons. The molecule has 1 aromatic rings. The maximum absolute atomic E-state index is 12.1. The van der Waals surface area contributed by atoms with Gasteiger partial charge >= 0.3 is 0 Å². The summed E-state index contributed by atoms with van der Waals surface area (Å²) in [5.74, 6) is 1.06. The number of aliphatic hydroxyl groups is 1. The van der Waals surface area contributed by atoms with Gasteiger partial charge in [-0.15, -0.1) is 5.10 Å². The van der Waals surface area contributed by atoms with E-state index in [1.165, 1.54) is 0 Å². The van der Waals surface area contributed by atoms with Gasteiger partial charge in [-0.2, -0.15) is 0 Å². The molecule has 0 spiro atoms. The number of carbonyl (C=O) groups is 1. The summed E-state index contributed by atoms with van der Waals surface area (Å²) in [6, 6.07) is 0. The number of aryl methyl sites for hydroxylation is 1. The first-order valence-corrected chi connectivity index (χ1v) is 6.93. The first-order valence-electron chi connectivity index (χ1n) is 6.93. The summed E-state index contributed by atoms with van der Waals surface area (Å²) in [4.78, 5) is 16.3. The van der Waals surface area contributed by atoms with Crippen LogP contribution in [0.15, 0.2) is 0 Å². The molecule has 0 saturated heterocycles. The Hall–Kier alpha value is -1.43. The molecule has 2 rings (SSSR count). The van der Waals surface area contributed by atoms with Crippen LogP contribution in [0.2, 0.25) is 0 Å². The van der Waals surface area contributed by atoms with Gasteiger partial charge in [0.1, 0.15) is 5.82 Å². The lowest BCUT2D eigenvalue weighted by molar-refractivity contribution is 0.0688. The van der Waals surface area contributed by atoms with Crippen LogP contribution in [0.3, 0.4) is 0 Å². The Morgan fingerprint density at radius 2 is 2.42 bits per heavy atom. The van der Waals surface area contributed by atoms with Crippen LogP contribution in [0.4, 0.5) is 0 Å². The molecule has 6 nitrogen and oxygen atoms in total. The van der Waals surface area contributed by atoms with Crippen molar-refractivity contribution in [1.29, 1.82) is 0 Å². The van der Waals surface area contributed by atoms with E-state index < -0.39 is 5.54 Å². The fourth-order valence-corrected chi connectivity index (χ4v) is 2.81. The molecule has 1 heterocycles. The second-order valence-electron chi connectivity index (χ2n) is 5.55.